The van der Waals surface area contributed by atoms with E-state index in [1.807, 2.05) is 0 Å². The average molecular weight is 653 g/mol. The van der Waals surface area contributed by atoms with Gasteiger partial charge in [0.25, 0.3) is 0 Å². The number of aromatic hydroxyl groups is 1. The first-order chi connectivity index (χ1) is 22.2. The molecule has 6 rings (SSSR count). The molecule has 0 spiro atoms. The minimum Gasteiger partial charge on any atom is -0.507 e. The zero-order valence-electron chi connectivity index (χ0n) is 26.4. The number of rotatable bonds is 8. The van der Waals surface area contributed by atoms with Gasteiger partial charge in [0.15, 0.2) is 34.7 Å². The lowest BCUT2D eigenvalue weighted by molar-refractivity contribution is -0.205. The second-order valence-electron chi connectivity index (χ2n) is 13.9. The molecule has 1 aromatic carbocycles. The van der Waals surface area contributed by atoms with Crippen molar-refractivity contribution in [3.63, 3.8) is 0 Å². The molecule has 5 unspecified atom stereocenters. The van der Waals surface area contributed by atoms with Crippen LogP contribution < -0.4 is 16.4 Å². The molecule has 1 heterocycles. The van der Waals surface area contributed by atoms with E-state index < -0.39 is 82.3 Å². The second kappa shape index (κ2) is 11.8. The topological polar surface area (TPSA) is 222 Å². The lowest BCUT2D eigenvalue weighted by atomic mass is 9.49. The molecule has 0 aromatic heterocycles. The van der Waals surface area contributed by atoms with E-state index in [4.69, 9.17) is 10.5 Å². The van der Waals surface area contributed by atoms with Gasteiger partial charge < -0.3 is 31.3 Å². The Morgan fingerprint density at radius 2 is 1.79 bits per heavy atom. The molecule has 0 radical (unpaired) electrons. The van der Waals surface area contributed by atoms with Crippen molar-refractivity contribution >= 4 is 41.0 Å². The Hall–Kier alpha value is -4.17. The highest BCUT2D eigenvalue weighted by atomic mass is 16.5. The van der Waals surface area contributed by atoms with Crippen LogP contribution in [-0.4, -0.2) is 100 Å². The minimum absolute atomic E-state index is 0.0463. The summed E-state index contributed by atoms with van der Waals surface area (Å²) in [6.45, 7) is 1.69. The first kappa shape index (κ1) is 32.8. The van der Waals surface area contributed by atoms with Gasteiger partial charge in [-0.2, -0.15) is 0 Å². The number of amides is 3. The van der Waals surface area contributed by atoms with Crippen molar-refractivity contribution in [2.24, 2.45) is 35.3 Å². The van der Waals surface area contributed by atoms with Crippen molar-refractivity contribution in [2.45, 2.75) is 81.2 Å². The van der Waals surface area contributed by atoms with Crippen molar-refractivity contribution in [1.29, 1.82) is 0 Å². The molecule has 252 valence electrons. The predicted octanol–water partition coefficient (Wildman–Crippen LogP) is -0.0299. The summed E-state index contributed by atoms with van der Waals surface area (Å²) < 4.78 is 6.06. The molecule has 3 saturated carbocycles. The Morgan fingerprint density at radius 3 is 2.47 bits per heavy atom. The smallest absolute Gasteiger partial charge is 0.315 e. The normalized spacial score (nSPS) is 37.4. The summed E-state index contributed by atoms with van der Waals surface area (Å²) in [6.07, 6.45) is 2.13. The van der Waals surface area contributed by atoms with E-state index in [9.17, 15) is 43.8 Å². The van der Waals surface area contributed by atoms with Crippen LogP contribution >= 0.6 is 0 Å². The van der Waals surface area contributed by atoms with Crippen molar-refractivity contribution < 1.29 is 48.5 Å². The molecule has 1 aromatic rings. The van der Waals surface area contributed by atoms with Crippen LogP contribution in [0, 0.1) is 29.6 Å². The molecule has 14 heteroatoms. The number of ether oxygens (including phenoxy) is 1. The number of phenols is 1. The van der Waals surface area contributed by atoms with E-state index >= 15 is 0 Å². The average Bonchev–Trinajstić information content (AvgIpc) is 3.55. The Balaban J connectivity index is 1.32. The Bertz CT molecular complexity index is 1580. The predicted molar refractivity (Wildman–Crippen MR) is 162 cm³/mol. The number of urea groups is 1. The van der Waals surface area contributed by atoms with Gasteiger partial charge in [-0.1, -0.05) is 25.5 Å². The number of phenolic OH excluding ortho intramolecular Hbond substituents is 1. The number of benzene rings is 1. The summed E-state index contributed by atoms with van der Waals surface area (Å²) in [5.74, 6) is -14.0. The maximum atomic E-state index is 14.3. The zero-order valence-corrected chi connectivity index (χ0v) is 26.4. The fourth-order valence-corrected chi connectivity index (χ4v) is 9.10. The number of hydrogen-bond acceptors (Lipinski definition) is 11. The summed E-state index contributed by atoms with van der Waals surface area (Å²) in [4.78, 5) is 94.7. The maximum Gasteiger partial charge on any atom is 0.315 e. The molecule has 14 nitrogen and oxygen atoms in total. The number of primary amides is 1. The number of nitrogens with two attached hydrogens (primary N) is 1. The fraction of sp³-hybridized carbons (Fsp3) is 0.606. The molecule has 11 atom stereocenters. The van der Waals surface area contributed by atoms with Gasteiger partial charge in [0, 0.05) is 12.3 Å². The Morgan fingerprint density at radius 1 is 1.06 bits per heavy atom. The largest absolute Gasteiger partial charge is 0.507 e. The molecule has 1 aliphatic heterocycles. The van der Waals surface area contributed by atoms with Crippen LogP contribution in [-0.2, 0) is 28.7 Å². The van der Waals surface area contributed by atoms with E-state index in [1.165, 1.54) is 31.1 Å². The summed E-state index contributed by atoms with van der Waals surface area (Å²) in [5, 5.41) is 28.6. The van der Waals surface area contributed by atoms with Crippen LogP contribution in [0.2, 0.25) is 0 Å². The monoisotopic (exact) mass is 652 g/mol. The Labute approximate surface area is 270 Å². The van der Waals surface area contributed by atoms with Crippen LogP contribution in [0.4, 0.5) is 4.79 Å². The van der Waals surface area contributed by atoms with E-state index in [1.54, 1.807) is 13.0 Å². The first-order valence-corrected chi connectivity index (χ1v) is 16.1. The standard InChI is InChI=1S/C33H40N4O10/c1-13-15-8-6-9-17(38)20(15)26(40)21-19(13)28(47-18(39)10-5-4-7-14-11-12-16-24(14)36-32(45)35-16)23-25(37(2)3)27(41)22(31(34)44)30(43)33(23,46)29(21)42/h6,8-9,13-14,16,19,21-25,28,38,46H,4-5,7,10-12H2,1-3H3,(H2,34,44)(H2,35,36,45)/t13-,14?,16?,19+,21?,22?,23+,24?,25-,28-,33-/m1/s1. The molecular formula is C33H40N4O10. The van der Waals surface area contributed by atoms with Gasteiger partial charge in [-0.3, -0.25) is 33.7 Å². The van der Waals surface area contributed by atoms with Crippen LogP contribution in [0.3, 0.4) is 0 Å². The van der Waals surface area contributed by atoms with Crippen molar-refractivity contribution in [3.8, 4) is 5.75 Å². The van der Waals surface area contributed by atoms with Crippen molar-refractivity contribution in [1.82, 2.24) is 15.5 Å². The summed E-state index contributed by atoms with van der Waals surface area (Å²) in [5.41, 5.74) is 2.62. The van der Waals surface area contributed by atoms with Gasteiger partial charge in [0.2, 0.25) is 5.91 Å². The molecule has 0 bridgehead atoms. The van der Waals surface area contributed by atoms with E-state index in [2.05, 4.69) is 10.6 Å². The number of esters is 1. The second-order valence-corrected chi connectivity index (χ2v) is 13.9. The number of Topliss-reactive ketones (excluding diaryl/α,β-unsaturated/α-hetero) is 4. The zero-order chi connectivity index (χ0) is 34.1. The molecular weight excluding hydrogens is 612 g/mol. The van der Waals surface area contributed by atoms with Gasteiger partial charge in [0.05, 0.1) is 35.5 Å². The Kier molecular flexibility index (Phi) is 8.23. The highest BCUT2D eigenvalue weighted by Crippen LogP contribution is 2.55. The van der Waals surface area contributed by atoms with E-state index in [-0.39, 0.29) is 41.8 Å². The molecule has 4 fully saturated rings. The number of carbonyl (C=O) groups excluding carboxylic acids is 7. The van der Waals surface area contributed by atoms with Gasteiger partial charge in [-0.15, -0.1) is 0 Å². The first-order valence-electron chi connectivity index (χ1n) is 16.1. The lowest BCUT2D eigenvalue weighted by Gasteiger charge is -2.56. The number of nitrogens with one attached hydrogen (secondary N) is 2. The molecule has 5 aliphatic rings. The van der Waals surface area contributed by atoms with E-state index in [0.29, 0.717) is 18.4 Å². The number of ketones is 4. The summed E-state index contributed by atoms with van der Waals surface area (Å²) in [7, 11) is 2.93. The number of aliphatic hydroxyl groups is 1. The minimum atomic E-state index is -3.06. The molecule has 6 N–H and O–H groups in total. The van der Waals surface area contributed by atoms with Gasteiger partial charge in [-0.05, 0) is 63.2 Å². The van der Waals surface area contributed by atoms with Crippen LogP contribution in [0.15, 0.2) is 18.2 Å². The van der Waals surface area contributed by atoms with Crippen LogP contribution in [0.1, 0.15) is 67.3 Å². The number of carbonyl (C=O) groups is 7. The number of fused-ring (bicyclic) bond motifs is 4. The number of unbranched alkanes of at least 4 members (excludes halogenated alkanes) is 1. The molecule has 4 aliphatic carbocycles. The third kappa shape index (κ3) is 4.95. The number of likely N-dealkylation sites (N-methyl/N-ethyl adjacent to an activating group) is 1. The van der Waals surface area contributed by atoms with Gasteiger partial charge in [-0.25, -0.2) is 4.79 Å². The highest BCUT2D eigenvalue weighted by Gasteiger charge is 2.74. The van der Waals surface area contributed by atoms with Crippen molar-refractivity contribution in [2.75, 3.05) is 14.1 Å². The maximum absolute atomic E-state index is 14.3. The highest BCUT2D eigenvalue weighted by molar-refractivity contribution is 6.32. The third-order valence-electron chi connectivity index (χ3n) is 11.2. The quantitative estimate of drug-likeness (QED) is 0.142. The summed E-state index contributed by atoms with van der Waals surface area (Å²) in [6, 6.07) is 2.95. The molecule has 47 heavy (non-hydrogen) atoms. The molecule has 3 amide bonds. The van der Waals surface area contributed by atoms with Gasteiger partial charge in [0.1, 0.15) is 11.9 Å². The van der Waals surface area contributed by atoms with Gasteiger partial charge >= 0.3 is 12.0 Å². The lowest BCUT2D eigenvalue weighted by Crippen LogP contribution is -2.78. The van der Waals surface area contributed by atoms with Crippen LogP contribution in [0.5, 0.6) is 5.75 Å². The van der Waals surface area contributed by atoms with E-state index in [0.717, 1.165) is 19.3 Å². The number of nitrogens with zero attached hydrogens (tertiary/aromatic N) is 1. The fourth-order valence-electron chi connectivity index (χ4n) is 9.10. The SMILES string of the molecule is C[C@@H]1c2cccc(O)c2C(=O)C2C(=O)[C@@]3(O)C(=O)C(C(N)=O)C(=O)[C@H](N(C)C)[C@H]3[C@H](OC(=O)CCCCC3CCC4NC(=O)NC34)[C@H]21. The van der Waals surface area contributed by atoms with Crippen LogP contribution in [0.25, 0.3) is 0 Å². The molecule has 1 saturated heterocycles. The van der Waals surface area contributed by atoms with Crippen molar-refractivity contribution in [3.05, 3.63) is 29.3 Å². The number of hydrogen-bond donors (Lipinski definition) is 5. The third-order valence-corrected chi connectivity index (χ3v) is 11.2. The summed E-state index contributed by atoms with van der Waals surface area (Å²) >= 11 is 0.